The molecule has 7 heteroatoms. The second-order valence-corrected chi connectivity index (χ2v) is 6.25. The summed E-state index contributed by atoms with van der Waals surface area (Å²) in [7, 11) is 0. The fraction of sp³-hybridized carbons (Fsp3) is 0.111. The maximum atomic E-state index is 12.4. The first kappa shape index (κ1) is 17.0. The molecule has 126 valence electrons. The van der Waals surface area contributed by atoms with E-state index in [0.29, 0.717) is 23.9 Å². The van der Waals surface area contributed by atoms with E-state index >= 15 is 0 Å². The predicted molar refractivity (Wildman–Crippen MR) is 100 cm³/mol. The van der Waals surface area contributed by atoms with Crippen LogP contribution in [0.5, 0.6) is 0 Å². The SMILES string of the molecule is Cc1ccc(NC(=O)c2ccnc(NCc3cccnc3)n2)cc1Br. The lowest BCUT2D eigenvalue weighted by Gasteiger charge is -2.08. The van der Waals surface area contributed by atoms with Gasteiger partial charge in [0.25, 0.3) is 5.91 Å². The Balaban J connectivity index is 1.67. The number of amides is 1. The van der Waals surface area contributed by atoms with Gasteiger partial charge < -0.3 is 10.6 Å². The molecule has 1 aromatic carbocycles. The third-order valence-electron chi connectivity index (χ3n) is 3.49. The molecular weight excluding hydrogens is 382 g/mol. The molecule has 3 aromatic rings. The summed E-state index contributed by atoms with van der Waals surface area (Å²) in [6, 6.07) is 11.0. The Labute approximate surface area is 153 Å². The molecule has 0 saturated heterocycles. The number of nitrogens with zero attached hydrogens (tertiary/aromatic N) is 3. The number of halogens is 1. The van der Waals surface area contributed by atoms with Crippen molar-refractivity contribution in [2.75, 3.05) is 10.6 Å². The first-order valence-corrected chi connectivity index (χ1v) is 8.44. The molecule has 0 radical (unpaired) electrons. The highest BCUT2D eigenvalue weighted by Crippen LogP contribution is 2.21. The molecule has 0 unspecified atom stereocenters. The van der Waals surface area contributed by atoms with Crippen molar-refractivity contribution in [1.29, 1.82) is 0 Å². The minimum absolute atomic E-state index is 0.289. The molecule has 0 atom stereocenters. The number of carbonyl (C=O) groups excluding carboxylic acids is 1. The number of pyridine rings is 1. The zero-order valence-corrected chi connectivity index (χ0v) is 15.1. The number of benzene rings is 1. The molecular formula is C18H16BrN5O. The number of aryl methyl sites for hydroxylation is 1. The van der Waals surface area contributed by atoms with Crippen LogP contribution in [0.1, 0.15) is 21.6 Å². The highest BCUT2D eigenvalue weighted by molar-refractivity contribution is 9.10. The minimum Gasteiger partial charge on any atom is -0.350 e. The fourth-order valence-corrected chi connectivity index (χ4v) is 2.50. The van der Waals surface area contributed by atoms with E-state index in [1.165, 1.54) is 0 Å². The van der Waals surface area contributed by atoms with Gasteiger partial charge in [-0.2, -0.15) is 0 Å². The Hall–Kier alpha value is -2.80. The van der Waals surface area contributed by atoms with Gasteiger partial charge >= 0.3 is 0 Å². The zero-order chi connectivity index (χ0) is 17.6. The lowest BCUT2D eigenvalue weighted by atomic mass is 10.2. The van der Waals surface area contributed by atoms with Crippen LogP contribution in [-0.2, 0) is 6.54 Å². The number of hydrogen-bond donors (Lipinski definition) is 2. The van der Waals surface area contributed by atoms with Crippen molar-refractivity contribution in [1.82, 2.24) is 15.0 Å². The molecule has 0 fully saturated rings. The van der Waals surface area contributed by atoms with Gasteiger partial charge in [0, 0.05) is 35.3 Å². The molecule has 2 N–H and O–H groups in total. The first-order valence-electron chi connectivity index (χ1n) is 7.65. The van der Waals surface area contributed by atoms with Crippen LogP contribution in [0.25, 0.3) is 0 Å². The molecule has 6 nitrogen and oxygen atoms in total. The normalized spacial score (nSPS) is 10.3. The van der Waals surface area contributed by atoms with Crippen LogP contribution in [-0.4, -0.2) is 20.9 Å². The van der Waals surface area contributed by atoms with Crippen LogP contribution in [0.3, 0.4) is 0 Å². The number of hydrogen-bond acceptors (Lipinski definition) is 5. The average molecular weight is 398 g/mol. The van der Waals surface area contributed by atoms with E-state index in [1.807, 2.05) is 37.3 Å². The van der Waals surface area contributed by atoms with Gasteiger partial charge in [-0.05, 0) is 42.3 Å². The zero-order valence-electron chi connectivity index (χ0n) is 13.5. The summed E-state index contributed by atoms with van der Waals surface area (Å²) in [4.78, 5) is 24.8. The van der Waals surface area contributed by atoms with Crippen LogP contribution < -0.4 is 10.6 Å². The summed E-state index contributed by atoms with van der Waals surface area (Å²) >= 11 is 3.45. The smallest absolute Gasteiger partial charge is 0.274 e. The summed E-state index contributed by atoms with van der Waals surface area (Å²) in [5.74, 6) is 0.101. The maximum Gasteiger partial charge on any atom is 0.274 e. The van der Waals surface area contributed by atoms with Crippen LogP contribution >= 0.6 is 15.9 Å². The van der Waals surface area contributed by atoms with Gasteiger partial charge in [0.2, 0.25) is 5.95 Å². The minimum atomic E-state index is -0.289. The Kier molecular flexibility index (Phi) is 5.35. The third-order valence-corrected chi connectivity index (χ3v) is 4.35. The predicted octanol–water partition coefficient (Wildman–Crippen LogP) is 3.81. The molecule has 25 heavy (non-hydrogen) atoms. The van der Waals surface area contributed by atoms with Gasteiger partial charge in [0.1, 0.15) is 5.69 Å². The van der Waals surface area contributed by atoms with Crippen LogP contribution in [0, 0.1) is 6.92 Å². The standard InChI is InChI=1S/C18H16BrN5O/c1-12-4-5-14(9-15(12)19)23-17(25)16-6-8-21-18(24-16)22-11-13-3-2-7-20-10-13/h2-10H,11H2,1H3,(H,23,25)(H,21,22,24). The van der Waals surface area contributed by atoms with Crippen molar-refractivity contribution < 1.29 is 4.79 Å². The topological polar surface area (TPSA) is 79.8 Å². The van der Waals surface area contributed by atoms with Gasteiger partial charge in [0.05, 0.1) is 0 Å². The Morgan fingerprint density at radius 1 is 1.20 bits per heavy atom. The first-order chi connectivity index (χ1) is 12.1. The van der Waals surface area contributed by atoms with Crippen molar-refractivity contribution >= 4 is 33.5 Å². The van der Waals surface area contributed by atoms with Gasteiger partial charge in [0.15, 0.2) is 0 Å². The van der Waals surface area contributed by atoms with Crippen molar-refractivity contribution in [3.8, 4) is 0 Å². The molecule has 2 heterocycles. The number of aromatic nitrogens is 3. The van der Waals surface area contributed by atoms with Gasteiger partial charge in [-0.3, -0.25) is 9.78 Å². The molecule has 3 rings (SSSR count). The van der Waals surface area contributed by atoms with Gasteiger partial charge in [-0.25, -0.2) is 9.97 Å². The molecule has 2 aromatic heterocycles. The molecule has 0 bridgehead atoms. The molecule has 1 amide bonds. The molecule has 0 aliphatic carbocycles. The highest BCUT2D eigenvalue weighted by Gasteiger charge is 2.10. The molecule has 0 aliphatic rings. The molecule has 0 aliphatic heterocycles. The summed E-state index contributed by atoms with van der Waals surface area (Å²) in [5.41, 5.74) is 3.10. The monoisotopic (exact) mass is 397 g/mol. The number of carbonyl (C=O) groups is 1. The third kappa shape index (κ3) is 4.60. The van der Waals surface area contributed by atoms with Crippen LogP contribution in [0.2, 0.25) is 0 Å². The van der Waals surface area contributed by atoms with Crippen LogP contribution in [0.15, 0.2) is 59.5 Å². The number of nitrogens with one attached hydrogen (secondary N) is 2. The van der Waals surface area contributed by atoms with E-state index in [2.05, 4.69) is 41.5 Å². The summed E-state index contributed by atoms with van der Waals surface area (Å²) in [6.45, 7) is 2.52. The largest absolute Gasteiger partial charge is 0.350 e. The summed E-state index contributed by atoms with van der Waals surface area (Å²) in [5, 5.41) is 5.92. The number of anilines is 2. The second kappa shape index (κ2) is 7.85. The lowest BCUT2D eigenvalue weighted by molar-refractivity contribution is 0.102. The Morgan fingerprint density at radius 2 is 2.08 bits per heavy atom. The average Bonchev–Trinajstić information content (AvgIpc) is 2.64. The Bertz CT molecular complexity index is 886. The lowest BCUT2D eigenvalue weighted by Crippen LogP contribution is -2.15. The van der Waals surface area contributed by atoms with Gasteiger partial charge in [-0.15, -0.1) is 0 Å². The van der Waals surface area contributed by atoms with E-state index in [9.17, 15) is 4.79 Å². The van der Waals surface area contributed by atoms with Crippen LogP contribution in [0.4, 0.5) is 11.6 Å². The highest BCUT2D eigenvalue weighted by atomic mass is 79.9. The fourth-order valence-electron chi connectivity index (χ4n) is 2.12. The van der Waals surface area contributed by atoms with E-state index < -0.39 is 0 Å². The quantitative estimate of drug-likeness (QED) is 0.684. The molecule has 0 saturated carbocycles. The summed E-state index contributed by atoms with van der Waals surface area (Å²) in [6.07, 6.45) is 5.03. The van der Waals surface area contributed by atoms with E-state index in [0.717, 1.165) is 15.6 Å². The van der Waals surface area contributed by atoms with E-state index in [-0.39, 0.29) is 5.91 Å². The van der Waals surface area contributed by atoms with Crippen molar-refractivity contribution in [3.05, 3.63) is 76.3 Å². The van der Waals surface area contributed by atoms with Gasteiger partial charge in [-0.1, -0.05) is 28.1 Å². The van der Waals surface area contributed by atoms with Crippen molar-refractivity contribution in [2.24, 2.45) is 0 Å². The van der Waals surface area contributed by atoms with Crippen molar-refractivity contribution in [3.63, 3.8) is 0 Å². The summed E-state index contributed by atoms with van der Waals surface area (Å²) < 4.78 is 0.937. The van der Waals surface area contributed by atoms with E-state index in [4.69, 9.17) is 0 Å². The van der Waals surface area contributed by atoms with E-state index in [1.54, 1.807) is 24.7 Å². The maximum absolute atomic E-state index is 12.4. The van der Waals surface area contributed by atoms with Crippen molar-refractivity contribution in [2.45, 2.75) is 13.5 Å². The Morgan fingerprint density at radius 3 is 2.84 bits per heavy atom. The number of rotatable bonds is 5. The molecule has 0 spiro atoms. The second-order valence-electron chi connectivity index (χ2n) is 5.40.